The molecule has 3 heteroatoms. The third-order valence-corrected chi connectivity index (χ3v) is 3.31. The van der Waals surface area contributed by atoms with Crippen molar-refractivity contribution >= 4 is 5.97 Å². The lowest BCUT2D eigenvalue weighted by Gasteiger charge is -2.13. The zero-order chi connectivity index (χ0) is 11.8. The number of nitrogens with one attached hydrogen (secondary N) is 1. The van der Waals surface area contributed by atoms with Crippen LogP contribution in [-0.2, 0) is 9.53 Å². The normalized spacial score (nSPS) is 24.6. The lowest BCUT2D eigenvalue weighted by Crippen LogP contribution is -2.24. The van der Waals surface area contributed by atoms with Crippen LogP contribution in [0.3, 0.4) is 0 Å². The summed E-state index contributed by atoms with van der Waals surface area (Å²) in [4.78, 5) is 11.7. The molecule has 0 bridgehead atoms. The van der Waals surface area contributed by atoms with E-state index >= 15 is 0 Å². The van der Waals surface area contributed by atoms with E-state index in [0.717, 1.165) is 19.5 Å². The molecular weight excluding hydrogens is 202 g/mol. The largest absolute Gasteiger partial charge is 0.465 e. The highest BCUT2D eigenvalue weighted by atomic mass is 16.5. The Bertz CT molecular complexity index is 206. The van der Waals surface area contributed by atoms with E-state index in [1.165, 1.54) is 25.7 Å². The average Bonchev–Trinajstić information content (AvgIpc) is 2.69. The summed E-state index contributed by atoms with van der Waals surface area (Å²) in [5, 5.41) is 3.22. The Balaban J connectivity index is 2.02. The third kappa shape index (κ3) is 4.52. The minimum atomic E-state index is -0.00649. The molecule has 1 N–H and O–H groups in total. The van der Waals surface area contributed by atoms with Crippen molar-refractivity contribution in [1.29, 1.82) is 0 Å². The van der Waals surface area contributed by atoms with Crippen LogP contribution in [0.1, 0.15) is 46.0 Å². The fraction of sp³-hybridized carbons (Fsp3) is 0.923. The second kappa shape index (κ2) is 7.66. The van der Waals surface area contributed by atoms with Crippen molar-refractivity contribution in [3.05, 3.63) is 0 Å². The van der Waals surface area contributed by atoms with Crippen molar-refractivity contribution in [2.24, 2.45) is 11.8 Å². The van der Waals surface area contributed by atoms with Gasteiger partial charge in [0.25, 0.3) is 0 Å². The van der Waals surface area contributed by atoms with Crippen molar-refractivity contribution in [1.82, 2.24) is 5.32 Å². The average molecular weight is 227 g/mol. The number of esters is 1. The Kier molecular flexibility index (Phi) is 6.46. The van der Waals surface area contributed by atoms with E-state index in [1.807, 2.05) is 0 Å². The highest BCUT2D eigenvalue weighted by molar-refractivity contribution is 5.73. The van der Waals surface area contributed by atoms with Gasteiger partial charge in [0.2, 0.25) is 0 Å². The van der Waals surface area contributed by atoms with E-state index in [2.05, 4.69) is 19.2 Å². The van der Waals surface area contributed by atoms with E-state index in [-0.39, 0.29) is 11.9 Å². The number of ether oxygens (including phenoxy) is 1. The van der Waals surface area contributed by atoms with Gasteiger partial charge < -0.3 is 10.1 Å². The van der Waals surface area contributed by atoms with Crippen LogP contribution in [0.25, 0.3) is 0 Å². The maximum atomic E-state index is 11.7. The van der Waals surface area contributed by atoms with Gasteiger partial charge in [-0.15, -0.1) is 0 Å². The number of hydrogen-bond donors (Lipinski definition) is 1. The van der Waals surface area contributed by atoms with Gasteiger partial charge in [-0.3, -0.25) is 4.79 Å². The molecule has 1 saturated heterocycles. The predicted molar refractivity (Wildman–Crippen MR) is 65.2 cm³/mol. The fourth-order valence-electron chi connectivity index (χ4n) is 2.11. The van der Waals surface area contributed by atoms with Crippen molar-refractivity contribution in [3.63, 3.8) is 0 Å². The van der Waals surface area contributed by atoms with Gasteiger partial charge >= 0.3 is 5.97 Å². The Labute approximate surface area is 98.9 Å². The van der Waals surface area contributed by atoms with E-state index in [0.29, 0.717) is 12.5 Å². The first-order valence-electron chi connectivity index (χ1n) is 6.63. The molecule has 0 amide bonds. The second-order valence-corrected chi connectivity index (χ2v) is 4.82. The Morgan fingerprint density at radius 2 is 2.00 bits per heavy atom. The summed E-state index contributed by atoms with van der Waals surface area (Å²) in [6, 6.07) is 0. The minimum Gasteiger partial charge on any atom is -0.465 e. The molecule has 0 unspecified atom stereocenters. The van der Waals surface area contributed by atoms with Gasteiger partial charge in [0.15, 0.2) is 0 Å². The number of carbonyl (C=O) groups is 1. The molecule has 2 atom stereocenters. The first-order chi connectivity index (χ1) is 7.75. The molecule has 0 spiro atoms. The van der Waals surface area contributed by atoms with Crippen LogP contribution in [0.5, 0.6) is 0 Å². The van der Waals surface area contributed by atoms with Gasteiger partial charge in [-0.2, -0.15) is 0 Å². The van der Waals surface area contributed by atoms with Crippen molar-refractivity contribution < 1.29 is 9.53 Å². The highest BCUT2D eigenvalue weighted by Crippen LogP contribution is 2.17. The van der Waals surface area contributed by atoms with E-state index in [4.69, 9.17) is 4.74 Å². The minimum absolute atomic E-state index is 0.00649. The third-order valence-electron chi connectivity index (χ3n) is 3.31. The molecule has 0 aromatic carbocycles. The SMILES string of the molecule is CCCCCCCOC(=O)[C@@H]1CNC[C@H]1C. The van der Waals surface area contributed by atoms with Crippen LogP contribution in [0, 0.1) is 11.8 Å². The summed E-state index contributed by atoms with van der Waals surface area (Å²) < 4.78 is 5.30. The number of carbonyl (C=O) groups excluding carboxylic acids is 1. The first-order valence-corrected chi connectivity index (χ1v) is 6.63. The van der Waals surface area contributed by atoms with Gasteiger partial charge in [0, 0.05) is 6.54 Å². The van der Waals surface area contributed by atoms with Gasteiger partial charge in [-0.25, -0.2) is 0 Å². The summed E-state index contributed by atoms with van der Waals surface area (Å²) in [5.41, 5.74) is 0. The Hall–Kier alpha value is -0.570. The van der Waals surface area contributed by atoms with Gasteiger partial charge in [0.1, 0.15) is 0 Å². The smallest absolute Gasteiger partial charge is 0.310 e. The van der Waals surface area contributed by atoms with Crippen molar-refractivity contribution in [2.75, 3.05) is 19.7 Å². The van der Waals surface area contributed by atoms with E-state index in [1.54, 1.807) is 0 Å². The first kappa shape index (κ1) is 13.5. The van der Waals surface area contributed by atoms with Gasteiger partial charge in [-0.05, 0) is 18.9 Å². The molecule has 3 nitrogen and oxygen atoms in total. The summed E-state index contributed by atoms with van der Waals surface area (Å²) in [6.07, 6.45) is 6.00. The molecule has 1 aliphatic heterocycles. The van der Waals surface area contributed by atoms with Crippen LogP contribution in [0.2, 0.25) is 0 Å². The molecule has 0 radical (unpaired) electrons. The topological polar surface area (TPSA) is 38.3 Å². The number of hydrogen-bond acceptors (Lipinski definition) is 3. The van der Waals surface area contributed by atoms with Crippen LogP contribution < -0.4 is 5.32 Å². The molecule has 1 heterocycles. The molecular formula is C13H25NO2. The van der Waals surface area contributed by atoms with E-state index in [9.17, 15) is 4.79 Å². The van der Waals surface area contributed by atoms with Gasteiger partial charge in [-0.1, -0.05) is 39.5 Å². The molecule has 16 heavy (non-hydrogen) atoms. The maximum absolute atomic E-state index is 11.7. The molecule has 0 aromatic heterocycles. The molecule has 1 fully saturated rings. The monoisotopic (exact) mass is 227 g/mol. The Morgan fingerprint density at radius 1 is 1.25 bits per heavy atom. The predicted octanol–water partition coefficient (Wildman–Crippen LogP) is 2.36. The van der Waals surface area contributed by atoms with Crippen LogP contribution in [0.4, 0.5) is 0 Å². The maximum Gasteiger partial charge on any atom is 0.310 e. The highest BCUT2D eigenvalue weighted by Gasteiger charge is 2.30. The van der Waals surface area contributed by atoms with Crippen molar-refractivity contribution in [3.8, 4) is 0 Å². The standard InChI is InChI=1S/C13H25NO2/c1-3-4-5-6-7-8-16-13(15)12-10-14-9-11(12)2/h11-12,14H,3-10H2,1-2H3/t11-,12-/m1/s1. The molecule has 1 rings (SSSR count). The molecule has 94 valence electrons. The summed E-state index contributed by atoms with van der Waals surface area (Å²) in [6.45, 7) is 6.64. The molecule has 1 aliphatic rings. The zero-order valence-corrected chi connectivity index (χ0v) is 10.6. The van der Waals surface area contributed by atoms with E-state index < -0.39 is 0 Å². The molecule has 0 aromatic rings. The Morgan fingerprint density at radius 3 is 2.62 bits per heavy atom. The molecule has 0 saturated carbocycles. The lowest BCUT2D eigenvalue weighted by molar-refractivity contribution is -0.149. The number of unbranched alkanes of at least 4 members (excludes halogenated alkanes) is 4. The van der Waals surface area contributed by atoms with Crippen LogP contribution in [-0.4, -0.2) is 25.7 Å². The van der Waals surface area contributed by atoms with Crippen LogP contribution >= 0.6 is 0 Å². The summed E-state index contributed by atoms with van der Waals surface area (Å²) in [7, 11) is 0. The zero-order valence-electron chi connectivity index (χ0n) is 10.6. The molecule has 0 aliphatic carbocycles. The quantitative estimate of drug-likeness (QED) is 0.536. The summed E-state index contributed by atoms with van der Waals surface area (Å²) in [5.74, 6) is 0.497. The fourth-order valence-corrected chi connectivity index (χ4v) is 2.11. The second-order valence-electron chi connectivity index (χ2n) is 4.82. The lowest BCUT2D eigenvalue weighted by atomic mass is 9.99. The van der Waals surface area contributed by atoms with Gasteiger partial charge in [0.05, 0.1) is 12.5 Å². The number of rotatable bonds is 7. The summed E-state index contributed by atoms with van der Waals surface area (Å²) >= 11 is 0. The van der Waals surface area contributed by atoms with Crippen molar-refractivity contribution in [2.45, 2.75) is 46.0 Å². The van der Waals surface area contributed by atoms with Crippen LogP contribution in [0.15, 0.2) is 0 Å².